The van der Waals surface area contributed by atoms with Crippen LogP contribution >= 0.6 is 0 Å². The Morgan fingerprint density at radius 2 is 1.84 bits per heavy atom. The number of piperidine rings is 1. The first-order valence-corrected chi connectivity index (χ1v) is 7.23. The Bertz CT molecular complexity index is 460. The van der Waals surface area contributed by atoms with Crippen LogP contribution in [0.3, 0.4) is 0 Å². The van der Waals surface area contributed by atoms with Crippen LogP contribution < -0.4 is 0 Å². The topological polar surface area (TPSA) is 40.5 Å². The lowest BCUT2D eigenvalue weighted by Crippen LogP contribution is -2.39. The summed E-state index contributed by atoms with van der Waals surface area (Å²) in [5.74, 6) is 1.93. The number of phenols is 1. The third-order valence-electron chi connectivity index (χ3n) is 4.52. The van der Waals surface area contributed by atoms with Crippen molar-refractivity contribution in [3.05, 3.63) is 29.8 Å². The highest BCUT2D eigenvalue weighted by Crippen LogP contribution is 2.48. The highest BCUT2D eigenvalue weighted by atomic mass is 16.3. The smallest absolute Gasteiger partial charge is 0.226 e. The summed E-state index contributed by atoms with van der Waals surface area (Å²) in [7, 11) is 0. The molecule has 0 spiro atoms. The molecule has 1 heterocycles. The Morgan fingerprint density at radius 3 is 2.47 bits per heavy atom. The number of benzene rings is 1. The number of nitrogens with zero attached hydrogens (tertiary/aromatic N) is 1. The summed E-state index contributed by atoms with van der Waals surface area (Å²) in [6.07, 6.45) is 3.25. The van der Waals surface area contributed by atoms with Crippen molar-refractivity contribution < 1.29 is 9.90 Å². The van der Waals surface area contributed by atoms with Crippen molar-refractivity contribution in [3.63, 3.8) is 0 Å². The number of carbonyl (C=O) groups excluding carboxylic acids is 1. The van der Waals surface area contributed by atoms with Gasteiger partial charge in [0.15, 0.2) is 0 Å². The van der Waals surface area contributed by atoms with E-state index in [1.807, 2.05) is 17.0 Å². The number of carbonyl (C=O) groups is 1. The van der Waals surface area contributed by atoms with E-state index in [4.69, 9.17) is 0 Å². The van der Waals surface area contributed by atoms with Crippen LogP contribution in [0.4, 0.5) is 0 Å². The summed E-state index contributed by atoms with van der Waals surface area (Å²) < 4.78 is 0. The number of rotatable bonds is 2. The molecule has 1 aliphatic heterocycles. The van der Waals surface area contributed by atoms with Gasteiger partial charge in [-0.2, -0.15) is 0 Å². The molecule has 19 heavy (non-hydrogen) atoms. The monoisotopic (exact) mass is 259 g/mol. The Morgan fingerprint density at radius 1 is 1.21 bits per heavy atom. The number of amides is 1. The lowest BCUT2D eigenvalue weighted by Gasteiger charge is -2.30. The van der Waals surface area contributed by atoms with Crippen LogP contribution in [-0.4, -0.2) is 29.0 Å². The van der Waals surface area contributed by atoms with Gasteiger partial charge >= 0.3 is 0 Å². The molecule has 0 aromatic heterocycles. The van der Waals surface area contributed by atoms with Gasteiger partial charge in [0.1, 0.15) is 5.75 Å². The molecule has 2 fully saturated rings. The zero-order chi connectivity index (χ0) is 13.4. The van der Waals surface area contributed by atoms with E-state index in [1.165, 1.54) is 5.56 Å². The largest absolute Gasteiger partial charge is 0.508 e. The zero-order valence-corrected chi connectivity index (χ0v) is 11.4. The van der Waals surface area contributed by atoms with Gasteiger partial charge in [0.05, 0.1) is 0 Å². The number of phenolic OH excluding ortho intramolecular Hbond substituents is 1. The van der Waals surface area contributed by atoms with Crippen LogP contribution in [0.1, 0.15) is 37.7 Å². The Labute approximate surface area is 114 Å². The van der Waals surface area contributed by atoms with Gasteiger partial charge in [-0.1, -0.05) is 19.1 Å². The summed E-state index contributed by atoms with van der Waals surface area (Å²) >= 11 is 0. The number of likely N-dealkylation sites (tertiary alicyclic amines) is 1. The van der Waals surface area contributed by atoms with Crippen molar-refractivity contribution in [1.82, 2.24) is 4.90 Å². The third kappa shape index (κ3) is 2.60. The predicted molar refractivity (Wildman–Crippen MR) is 73.9 cm³/mol. The summed E-state index contributed by atoms with van der Waals surface area (Å²) in [5.41, 5.74) is 1.18. The molecule has 0 bridgehead atoms. The molecule has 1 aromatic rings. The standard InChI is InChI=1S/C16H21NO2/c1-11-6-8-17(9-7-11)16(19)15-10-14(15)12-2-4-13(18)5-3-12/h2-5,11,14-15,18H,6-10H2,1H3. The zero-order valence-electron chi connectivity index (χ0n) is 11.4. The van der Waals surface area contributed by atoms with Crippen LogP contribution in [0.2, 0.25) is 0 Å². The molecule has 1 amide bonds. The summed E-state index contributed by atoms with van der Waals surface area (Å²) in [4.78, 5) is 14.4. The second-order valence-corrected chi connectivity index (χ2v) is 6.05. The number of hydrogen-bond acceptors (Lipinski definition) is 2. The van der Waals surface area contributed by atoms with Crippen LogP contribution in [0.15, 0.2) is 24.3 Å². The van der Waals surface area contributed by atoms with Crippen molar-refractivity contribution in [3.8, 4) is 5.75 Å². The molecule has 3 heteroatoms. The normalized spacial score (nSPS) is 27.3. The molecule has 102 valence electrons. The molecule has 2 atom stereocenters. The van der Waals surface area contributed by atoms with Gasteiger partial charge in [-0.25, -0.2) is 0 Å². The van der Waals surface area contributed by atoms with Gasteiger partial charge in [0.25, 0.3) is 0 Å². The van der Waals surface area contributed by atoms with Crippen LogP contribution in [0.25, 0.3) is 0 Å². The summed E-state index contributed by atoms with van der Waals surface area (Å²) in [6.45, 7) is 4.12. The van der Waals surface area contributed by atoms with Crippen molar-refractivity contribution in [2.75, 3.05) is 13.1 Å². The van der Waals surface area contributed by atoms with E-state index >= 15 is 0 Å². The van der Waals surface area contributed by atoms with E-state index in [2.05, 4.69) is 6.92 Å². The Kier molecular flexibility index (Phi) is 3.21. The molecule has 3 nitrogen and oxygen atoms in total. The third-order valence-corrected chi connectivity index (χ3v) is 4.52. The minimum absolute atomic E-state index is 0.179. The summed E-state index contributed by atoms with van der Waals surface area (Å²) in [6, 6.07) is 7.28. The van der Waals surface area contributed by atoms with E-state index < -0.39 is 0 Å². The first kappa shape index (κ1) is 12.5. The first-order valence-electron chi connectivity index (χ1n) is 7.23. The quantitative estimate of drug-likeness (QED) is 0.887. The average Bonchev–Trinajstić information content (AvgIpc) is 3.20. The van der Waals surface area contributed by atoms with Crippen molar-refractivity contribution >= 4 is 5.91 Å². The SMILES string of the molecule is CC1CCN(C(=O)C2CC2c2ccc(O)cc2)CC1. The van der Waals surface area contributed by atoms with Crippen LogP contribution in [0, 0.1) is 11.8 Å². The molecule has 0 radical (unpaired) electrons. The van der Waals surface area contributed by atoms with Crippen LogP contribution in [0.5, 0.6) is 5.75 Å². The second kappa shape index (κ2) is 4.87. The number of aromatic hydroxyl groups is 1. The van der Waals surface area contributed by atoms with Gasteiger partial charge in [-0.15, -0.1) is 0 Å². The lowest BCUT2D eigenvalue weighted by atomic mass is 9.98. The fraction of sp³-hybridized carbons (Fsp3) is 0.562. The maximum atomic E-state index is 12.4. The highest BCUT2D eigenvalue weighted by Gasteiger charge is 2.45. The molecule has 1 aromatic carbocycles. The van der Waals surface area contributed by atoms with Crippen molar-refractivity contribution in [1.29, 1.82) is 0 Å². The fourth-order valence-corrected chi connectivity index (χ4v) is 3.02. The van der Waals surface area contributed by atoms with E-state index in [9.17, 15) is 9.90 Å². The Balaban J connectivity index is 1.60. The average molecular weight is 259 g/mol. The summed E-state index contributed by atoms with van der Waals surface area (Å²) in [5, 5.41) is 9.29. The van der Waals surface area contributed by atoms with E-state index in [0.717, 1.165) is 38.3 Å². The van der Waals surface area contributed by atoms with Gasteiger partial charge in [0, 0.05) is 19.0 Å². The maximum absolute atomic E-state index is 12.4. The minimum atomic E-state index is 0.179. The fourth-order valence-electron chi connectivity index (χ4n) is 3.02. The van der Waals surface area contributed by atoms with Gasteiger partial charge in [0.2, 0.25) is 5.91 Å². The molecular formula is C16H21NO2. The van der Waals surface area contributed by atoms with Gasteiger partial charge < -0.3 is 10.0 Å². The molecule has 1 saturated carbocycles. The molecule has 1 saturated heterocycles. The van der Waals surface area contributed by atoms with E-state index in [0.29, 0.717) is 11.8 Å². The van der Waals surface area contributed by atoms with Crippen LogP contribution in [-0.2, 0) is 4.79 Å². The van der Waals surface area contributed by atoms with E-state index in [1.54, 1.807) is 12.1 Å². The van der Waals surface area contributed by atoms with Crippen molar-refractivity contribution in [2.45, 2.75) is 32.1 Å². The van der Waals surface area contributed by atoms with Crippen molar-refractivity contribution in [2.24, 2.45) is 11.8 Å². The van der Waals surface area contributed by atoms with Gasteiger partial charge in [-0.05, 0) is 48.8 Å². The molecular weight excluding hydrogens is 238 g/mol. The first-order chi connectivity index (χ1) is 9.15. The minimum Gasteiger partial charge on any atom is -0.508 e. The second-order valence-electron chi connectivity index (χ2n) is 6.05. The molecule has 1 N–H and O–H groups in total. The predicted octanol–water partition coefficient (Wildman–Crippen LogP) is 2.75. The number of hydrogen-bond donors (Lipinski definition) is 1. The maximum Gasteiger partial charge on any atom is 0.226 e. The van der Waals surface area contributed by atoms with E-state index in [-0.39, 0.29) is 11.7 Å². The lowest BCUT2D eigenvalue weighted by molar-refractivity contribution is -0.134. The molecule has 2 unspecified atom stereocenters. The molecule has 3 rings (SSSR count). The Hall–Kier alpha value is -1.51. The molecule has 2 aliphatic rings. The highest BCUT2D eigenvalue weighted by molar-refractivity contribution is 5.83. The van der Waals surface area contributed by atoms with Gasteiger partial charge in [-0.3, -0.25) is 4.79 Å². The molecule has 1 aliphatic carbocycles.